The second kappa shape index (κ2) is 9.07. The van der Waals surface area contributed by atoms with Gasteiger partial charge >= 0.3 is 0 Å². The number of hydrogen-bond donors (Lipinski definition) is 2. The van der Waals surface area contributed by atoms with Crippen LogP contribution in [0.25, 0.3) is 5.78 Å². The fraction of sp³-hybridized carbons (Fsp3) is 0.560. The normalized spacial score (nSPS) is 23.3. The van der Waals surface area contributed by atoms with Crippen molar-refractivity contribution in [2.45, 2.75) is 44.2 Å². The van der Waals surface area contributed by atoms with Gasteiger partial charge in [0.1, 0.15) is 18.0 Å². The van der Waals surface area contributed by atoms with Crippen LogP contribution in [0.5, 0.6) is 0 Å². The van der Waals surface area contributed by atoms with E-state index in [2.05, 4.69) is 32.1 Å². The first kappa shape index (κ1) is 23.3. The molecule has 4 heterocycles. The Labute approximate surface area is 215 Å². The Morgan fingerprint density at radius 1 is 1.17 bits per heavy atom. The summed E-state index contributed by atoms with van der Waals surface area (Å²) in [6.07, 6.45) is 5.94. The number of rotatable bonds is 7. The Hall–Kier alpha value is -2.13. The molecule has 2 N–H and O–H groups in total. The van der Waals surface area contributed by atoms with E-state index in [4.69, 9.17) is 28.2 Å². The fourth-order valence-electron chi connectivity index (χ4n) is 5.55. The van der Waals surface area contributed by atoms with Gasteiger partial charge in [0.2, 0.25) is 0 Å². The average Bonchev–Trinajstić information content (AvgIpc) is 3.31. The first-order valence-electron chi connectivity index (χ1n) is 12.5. The molecule has 186 valence electrons. The third kappa shape index (κ3) is 4.81. The summed E-state index contributed by atoms with van der Waals surface area (Å²) in [6, 6.07) is 7.55. The molecule has 2 saturated heterocycles. The predicted octanol–water partition coefficient (Wildman–Crippen LogP) is 4.28. The zero-order valence-corrected chi connectivity index (χ0v) is 21.4. The third-order valence-corrected chi connectivity index (χ3v) is 8.38. The molecule has 1 saturated carbocycles. The lowest BCUT2D eigenvalue weighted by atomic mass is 9.80. The van der Waals surface area contributed by atoms with Crippen molar-refractivity contribution in [2.75, 3.05) is 42.9 Å². The second-order valence-electron chi connectivity index (χ2n) is 10.5. The molecule has 2 aromatic heterocycles. The number of benzene rings is 1. The lowest BCUT2D eigenvalue weighted by Gasteiger charge is -2.47. The maximum atomic E-state index is 10.3. The van der Waals surface area contributed by atoms with E-state index in [9.17, 15) is 5.11 Å². The first-order chi connectivity index (χ1) is 16.9. The van der Waals surface area contributed by atoms with Crippen LogP contribution in [0.15, 0.2) is 30.6 Å². The number of anilines is 2. The Morgan fingerprint density at radius 2 is 2.00 bits per heavy atom. The number of nitrogens with one attached hydrogen (secondary N) is 1. The highest BCUT2D eigenvalue weighted by Gasteiger charge is 2.43. The first-order valence-corrected chi connectivity index (χ1v) is 13.2. The van der Waals surface area contributed by atoms with Gasteiger partial charge in [0.25, 0.3) is 5.78 Å². The Balaban J connectivity index is 1.14. The molecule has 2 aliphatic heterocycles. The molecule has 3 aromatic rings. The molecular weight excluding hydrogens is 485 g/mol. The molecule has 1 aromatic carbocycles. The third-order valence-electron chi connectivity index (χ3n) is 7.82. The molecule has 1 aliphatic carbocycles. The summed E-state index contributed by atoms with van der Waals surface area (Å²) in [5.74, 6) is 3.66. The van der Waals surface area contributed by atoms with Crippen LogP contribution < -0.4 is 10.2 Å². The van der Waals surface area contributed by atoms with E-state index in [0.29, 0.717) is 27.7 Å². The predicted molar refractivity (Wildman–Crippen MR) is 138 cm³/mol. The van der Waals surface area contributed by atoms with Crippen LogP contribution in [-0.4, -0.2) is 67.9 Å². The molecule has 8 nitrogen and oxygen atoms in total. The molecule has 0 spiro atoms. The highest BCUT2D eigenvalue weighted by atomic mass is 35.5. The number of aromatic nitrogens is 4. The van der Waals surface area contributed by atoms with E-state index in [0.717, 1.165) is 62.8 Å². The summed E-state index contributed by atoms with van der Waals surface area (Å²) in [6.45, 7) is 7.12. The summed E-state index contributed by atoms with van der Waals surface area (Å²) in [7, 11) is 0. The van der Waals surface area contributed by atoms with Crippen LogP contribution in [0, 0.1) is 11.8 Å². The molecule has 0 amide bonds. The zero-order valence-electron chi connectivity index (χ0n) is 19.9. The SMILES string of the molecule is CC(Nc1cc(N2CC([C@H]3CCCN(CC4(O)CC4)C3)C2)nc2ncnn12)c1ccc(Cl)cc1Cl. The maximum Gasteiger partial charge on any atom is 0.256 e. The van der Waals surface area contributed by atoms with Crippen molar-refractivity contribution in [3.63, 3.8) is 0 Å². The van der Waals surface area contributed by atoms with Gasteiger partial charge < -0.3 is 20.2 Å². The Morgan fingerprint density at radius 3 is 2.77 bits per heavy atom. The second-order valence-corrected chi connectivity index (χ2v) is 11.4. The molecule has 6 rings (SSSR count). The number of hydrogen-bond acceptors (Lipinski definition) is 7. The maximum absolute atomic E-state index is 10.3. The molecule has 1 unspecified atom stereocenters. The van der Waals surface area contributed by atoms with E-state index in [1.165, 1.54) is 19.2 Å². The van der Waals surface area contributed by atoms with Crippen molar-refractivity contribution in [1.29, 1.82) is 0 Å². The smallest absolute Gasteiger partial charge is 0.256 e. The number of nitrogens with zero attached hydrogens (tertiary/aromatic N) is 6. The van der Waals surface area contributed by atoms with Crippen molar-refractivity contribution in [2.24, 2.45) is 11.8 Å². The number of piperidine rings is 1. The van der Waals surface area contributed by atoms with Gasteiger partial charge in [-0.1, -0.05) is 29.3 Å². The topological polar surface area (TPSA) is 81.8 Å². The highest BCUT2D eigenvalue weighted by Crippen LogP contribution is 2.39. The summed E-state index contributed by atoms with van der Waals surface area (Å²) in [5, 5.41) is 19.5. The monoisotopic (exact) mass is 515 g/mol. The minimum atomic E-state index is -0.401. The molecule has 10 heteroatoms. The fourth-order valence-corrected chi connectivity index (χ4v) is 6.13. The number of halogens is 2. The van der Waals surface area contributed by atoms with Gasteiger partial charge in [0, 0.05) is 42.3 Å². The Bertz CT molecular complexity index is 1220. The van der Waals surface area contributed by atoms with Crippen molar-refractivity contribution >= 4 is 40.6 Å². The number of fused-ring (bicyclic) bond motifs is 1. The molecular formula is C25H31Cl2N7O. The molecule has 0 radical (unpaired) electrons. The van der Waals surface area contributed by atoms with Crippen molar-refractivity contribution < 1.29 is 5.11 Å². The summed E-state index contributed by atoms with van der Waals surface area (Å²) in [4.78, 5) is 13.9. The quantitative estimate of drug-likeness (QED) is 0.485. The zero-order chi connectivity index (χ0) is 24.2. The van der Waals surface area contributed by atoms with Crippen molar-refractivity contribution in [1.82, 2.24) is 24.5 Å². The standard InChI is InChI=1S/C25H31Cl2N7O/c1-16(20-5-4-19(26)9-21(20)27)30-23-10-22(31-24-28-15-29-34(23)24)33-12-18(13-33)17-3-2-8-32(11-17)14-25(35)6-7-25/h4-5,9-10,15-18,30,35H,2-3,6-8,11-14H2,1H3/t16?,17-/m0/s1. The molecule has 0 bridgehead atoms. The van der Waals surface area contributed by atoms with Gasteiger partial charge in [0.05, 0.1) is 11.6 Å². The van der Waals surface area contributed by atoms with Crippen LogP contribution >= 0.6 is 23.2 Å². The van der Waals surface area contributed by atoms with E-state index < -0.39 is 5.60 Å². The average molecular weight is 516 g/mol. The van der Waals surface area contributed by atoms with E-state index in [1.807, 2.05) is 18.2 Å². The van der Waals surface area contributed by atoms with Crippen LogP contribution in [0.2, 0.25) is 10.0 Å². The van der Waals surface area contributed by atoms with E-state index in [1.54, 1.807) is 10.6 Å². The van der Waals surface area contributed by atoms with Gasteiger partial charge in [-0.3, -0.25) is 0 Å². The lowest BCUT2D eigenvalue weighted by molar-refractivity contribution is 0.0523. The molecule has 3 aliphatic rings. The molecule has 2 atom stereocenters. The number of aliphatic hydroxyl groups is 1. The van der Waals surface area contributed by atoms with Crippen LogP contribution in [0.3, 0.4) is 0 Å². The van der Waals surface area contributed by atoms with Crippen molar-refractivity contribution in [3.8, 4) is 0 Å². The van der Waals surface area contributed by atoms with Crippen LogP contribution in [-0.2, 0) is 0 Å². The van der Waals surface area contributed by atoms with Gasteiger partial charge in [0.15, 0.2) is 0 Å². The Kier molecular flexibility index (Phi) is 6.03. The largest absolute Gasteiger partial charge is 0.389 e. The van der Waals surface area contributed by atoms with Gasteiger partial charge in [-0.25, -0.2) is 0 Å². The van der Waals surface area contributed by atoms with Crippen molar-refractivity contribution in [3.05, 3.63) is 46.2 Å². The summed E-state index contributed by atoms with van der Waals surface area (Å²) in [5.41, 5.74) is 0.562. The van der Waals surface area contributed by atoms with Gasteiger partial charge in [-0.15, -0.1) is 0 Å². The van der Waals surface area contributed by atoms with E-state index >= 15 is 0 Å². The summed E-state index contributed by atoms with van der Waals surface area (Å²) >= 11 is 12.5. The molecule has 35 heavy (non-hydrogen) atoms. The van der Waals surface area contributed by atoms with Gasteiger partial charge in [-0.2, -0.15) is 19.6 Å². The van der Waals surface area contributed by atoms with Gasteiger partial charge in [-0.05, 0) is 68.7 Å². The van der Waals surface area contributed by atoms with Crippen LogP contribution in [0.4, 0.5) is 11.6 Å². The summed E-state index contributed by atoms with van der Waals surface area (Å²) < 4.78 is 1.72. The number of β-amino-alcohol motifs (C(OH)–C–C–N with tert-alkyl or cyclic N) is 1. The highest BCUT2D eigenvalue weighted by molar-refractivity contribution is 6.35. The molecule has 3 fully saturated rings. The number of likely N-dealkylation sites (tertiary alicyclic amines) is 1. The lowest BCUT2D eigenvalue weighted by Crippen LogP contribution is -2.54. The minimum absolute atomic E-state index is 0.0546. The minimum Gasteiger partial charge on any atom is -0.389 e. The van der Waals surface area contributed by atoms with E-state index in [-0.39, 0.29) is 6.04 Å². The van der Waals surface area contributed by atoms with Crippen LogP contribution in [0.1, 0.15) is 44.2 Å².